The number of fused-ring (bicyclic) bond motifs is 2. The quantitative estimate of drug-likeness (QED) is 0.432. The number of carbonyl (C=O) groups is 1. The lowest BCUT2D eigenvalue weighted by atomic mass is 9.87. The molecule has 180 valence electrons. The standard InChI is InChI=1S/C27H28N4O3S/c1-18(32)30-9-7-29(8-10-30)15-19-2-3-21-13-23(5-4-20(21)12-19)31-17-28-24-14-25(22-6-11-34-16-22)35-26(24)27(31)33/h2-3,6,11-12,14,16-17,23H,4-5,7-10,13,15H2,1H3. The number of piperazine rings is 1. The van der Waals surface area contributed by atoms with Crippen LogP contribution in [-0.2, 0) is 24.2 Å². The fourth-order valence-corrected chi connectivity index (χ4v) is 6.37. The van der Waals surface area contributed by atoms with Crippen molar-refractivity contribution in [2.24, 2.45) is 0 Å². The second kappa shape index (κ2) is 9.09. The second-order valence-electron chi connectivity index (χ2n) is 9.58. The average molecular weight is 489 g/mol. The molecule has 1 aliphatic heterocycles. The molecular weight excluding hydrogens is 460 g/mol. The van der Waals surface area contributed by atoms with E-state index in [0.29, 0.717) is 4.70 Å². The summed E-state index contributed by atoms with van der Waals surface area (Å²) >= 11 is 1.48. The van der Waals surface area contributed by atoms with E-state index in [2.05, 4.69) is 28.1 Å². The summed E-state index contributed by atoms with van der Waals surface area (Å²) in [5.74, 6) is 0.166. The zero-order valence-corrected chi connectivity index (χ0v) is 20.6. The third-order valence-electron chi connectivity index (χ3n) is 7.36. The summed E-state index contributed by atoms with van der Waals surface area (Å²) < 4.78 is 7.74. The van der Waals surface area contributed by atoms with Crippen molar-refractivity contribution >= 4 is 27.5 Å². The molecule has 4 aromatic rings. The number of aryl methyl sites for hydroxylation is 1. The number of hydrogen-bond donors (Lipinski definition) is 0. The molecule has 35 heavy (non-hydrogen) atoms. The minimum absolute atomic E-state index is 0.0459. The number of furan rings is 1. The van der Waals surface area contributed by atoms with Gasteiger partial charge in [0.25, 0.3) is 5.56 Å². The molecule has 1 atom stereocenters. The highest BCUT2D eigenvalue weighted by Gasteiger charge is 2.24. The van der Waals surface area contributed by atoms with Gasteiger partial charge in [-0.15, -0.1) is 11.3 Å². The monoisotopic (exact) mass is 488 g/mol. The van der Waals surface area contributed by atoms with Gasteiger partial charge in [0.2, 0.25) is 5.91 Å². The van der Waals surface area contributed by atoms with Gasteiger partial charge in [-0.1, -0.05) is 18.2 Å². The zero-order valence-electron chi connectivity index (χ0n) is 19.8. The first-order chi connectivity index (χ1) is 17.0. The molecule has 6 rings (SSSR count). The van der Waals surface area contributed by atoms with Crippen molar-refractivity contribution in [1.29, 1.82) is 0 Å². The molecule has 1 unspecified atom stereocenters. The number of carbonyl (C=O) groups excluding carboxylic acids is 1. The summed E-state index contributed by atoms with van der Waals surface area (Å²) in [5, 5.41) is 0. The van der Waals surface area contributed by atoms with Gasteiger partial charge in [-0.05, 0) is 48.1 Å². The van der Waals surface area contributed by atoms with Crippen LogP contribution in [0.15, 0.2) is 58.4 Å². The van der Waals surface area contributed by atoms with E-state index in [0.717, 1.165) is 67.9 Å². The lowest BCUT2D eigenvalue weighted by molar-refractivity contribution is -0.130. The predicted octanol–water partition coefficient (Wildman–Crippen LogP) is 4.11. The Labute approximate surface area is 207 Å². The van der Waals surface area contributed by atoms with Crippen molar-refractivity contribution in [2.75, 3.05) is 26.2 Å². The first-order valence-corrected chi connectivity index (χ1v) is 13.0. The number of hydrogen-bond acceptors (Lipinski definition) is 6. The summed E-state index contributed by atoms with van der Waals surface area (Å²) in [5.41, 5.74) is 5.80. The third-order valence-corrected chi connectivity index (χ3v) is 8.52. The van der Waals surface area contributed by atoms with Gasteiger partial charge < -0.3 is 9.32 Å². The van der Waals surface area contributed by atoms with Crippen molar-refractivity contribution in [2.45, 2.75) is 38.8 Å². The van der Waals surface area contributed by atoms with Crippen LogP contribution in [0, 0.1) is 0 Å². The van der Waals surface area contributed by atoms with Gasteiger partial charge in [-0.25, -0.2) is 4.98 Å². The van der Waals surface area contributed by atoms with E-state index in [9.17, 15) is 9.59 Å². The number of aromatic nitrogens is 2. The highest BCUT2D eigenvalue weighted by molar-refractivity contribution is 7.22. The Bertz CT molecular complexity index is 1430. The molecule has 2 aliphatic rings. The van der Waals surface area contributed by atoms with Crippen molar-refractivity contribution < 1.29 is 9.21 Å². The second-order valence-corrected chi connectivity index (χ2v) is 10.6. The van der Waals surface area contributed by atoms with E-state index < -0.39 is 0 Å². The minimum Gasteiger partial charge on any atom is -0.472 e. The molecule has 1 saturated heterocycles. The first kappa shape index (κ1) is 22.2. The number of rotatable bonds is 4. The molecule has 1 aromatic carbocycles. The van der Waals surface area contributed by atoms with Crippen LogP contribution in [0.4, 0.5) is 0 Å². The lowest BCUT2D eigenvalue weighted by Crippen LogP contribution is -2.47. The Balaban J connectivity index is 1.17. The van der Waals surface area contributed by atoms with Gasteiger partial charge in [0.05, 0.1) is 24.4 Å². The smallest absolute Gasteiger partial charge is 0.271 e. The first-order valence-electron chi connectivity index (χ1n) is 12.2. The van der Waals surface area contributed by atoms with E-state index >= 15 is 0 Å². The average Bonchev–Trinajstić information content (AvgIpc) is 3.55. The number of nitrogens with zero attached hydrogens (tertiary/aromatic N) is 4. The number of amides is 1. The normalized spacial score (nSPS) is 18.7. The van der Waals surface area contributed by atoms with Crippen LogP contribution in [0.25, 0.3) is 20.7 Å². The van der Waals surface area contributed by atoms with Gasteiger partial charge in [0, 0.05) is 56.1 Å². The van der Waals surface area contributed by atoms with E-state index in [-0.39, 0.29) is 17.5 Å². The Morgan fingerprint density at radius 2 is 2.00 bits per heavy atom. The highest BCUT2D eigenvalue weighted by Crippen LogP contribution is 2.33. The maximum absolute atomic E-state index is 13.3. The fraction of sp³-hybridized carbons (Fsp3) is 0.370. The molecule has 1 amide bonds. The van der Waals surface area contributed by atoms with Crippen LogP contribution in [0.1, 0.15) is 36.1 Å². The predicted molar refractivity (Wildman–Crippen MR) is 137 cm³/mol. The summed E-state index contributed by atoms with van der Waals surface area (Å²) in [6.07, 6.45) is 7.80. The molecule has 1 fully saturated rings. The number of thiophene rings is 1. The Kier molecular flexibility index (Phi) is 5.78. The molecule has 0 saturated carbocycles. The van der Waals surface area contributed by atoms with Gasteiger partial charge in [-0.2, -0.15) is 0 Å². The number of benzene rings is 1. The van der Waals surface area contributed by atoms with Crippen molar-refractivity contribution in [3.8, 4) is 10.4 Å². The largest absolute Gasteiger partial charge is 0.472 e. The Morgan fingerprint density at radius 3 is 2.77 bits per heavy atom. The molecule has 8 heteroatoms. The van der Waals surface area contributed by atoms with Crippen molar-refractivity contribution in [3.63, 3.8) is 0 Å². The Morgan fingerprint density at radius 1 is 1.14 bits per heavy atom. The fourth-order valence-electron chi connectivity index (χ4n) is 5.34. The van der Waals surface area contributed by atoms with Crippen LogP contribution in [0.3, 0.4) is 0 Å². The van der Waals surface area contributed by atoms with Gasteiger partial charge in [0.1, 0.15) is 4.70 Å². The van der Waals surface area contributed by atoms with E-state index in [1.807, 2.05) is 21.6 Å². The van der Waals surface area contributed by atoms with E-state index in [1.165, 1.54) is 28.0 Å². The maximum Gasteiger partial charge on any atom is 0.271 e. The van der Waals surface area contributed by atoms with Crippen LogP contribution in [-0.4, -0.2) is 51.4 Å². The topological polar surface area (TPSA) is 71.6 Å². The molecule has 4 heterocycles. The molecule has 0 spiro atoms. The van der Waals surface area contributed by atoms with E-state index in [4.69, 9.17) is 4.42 Å². The van der Waals surface area contributed by atoms with Crippen LogP contribution < -0.4 is 5.56 Å². The zero-order chi connectivity index (χ0) is 23.9. The molecule has 1 aliphatic carbocycles. The van der Waals surface area contributed by atoms with Crippen LogP contribution in [0.2, 0.25) is 0 Å². The van der Waals surface area contributed by atoms with Crippen molar-refractivity contribution in [3.05, 3.63) is 76.2 Å². The molecule has 0 bridgehead atoms. The van der Waals surface area contributed by atoms with Crippen LogP contribution >= 0.6 is 11.3 Å². The summed E-state index contributed by atoms with van der Waals surface area (Å²) in [6, 6.07) is 10.8. The third kappa shape index (κ3) is 4.32. The lowest BCUT2D eigenvalue weighted by Gasteiger charge is -2.34. The molecule has 0 radical (unpaired) electrons. The summed E-state index contributed by atoms with van der Waals surface area (Å²) in [4.78, 5) is 34.9. The molecule has 3 aromatic heterocycles. The summed E-state index contributed by atoms with van der Waals surface area (Å²) in [6.45, 7) is 6.02. The SMILES string of the molecule is CC(=O)N1CCN(Cc2ccc3c(c2)CCC(n2cnc4cc(-c5ccoc5)sc4c2=O)C3)CC1. The van der Waals surface area contributed by atoms with Crippen LogP contribution in [0.5, 0.6) is 0 Å². The highest BCUT2D eigenvalue weighted by atomic mass is 32.1. The molecule has 7 nitrogen and oxygen atoms in total. The Hall–Kier alpha value is -3.23. The maximum atomic E-state index is 13.3. The summed E-state index contributed by atoms with van der Waals surface area (Å²) in [7, 11) is 0. The molecular formula is C27H28N4O3S. The van der Waals surface area contributed by atoms with Gasteiger partial charge >= 0.3 is 0 Å². The minimum atomic E-state index is 0.0459. The van der Waals surface area contributed by atoms with E-state index in [1.54, 1.807) is 25.8 Å². The molecule has 0 N–H and O–H groups in total. The van der Waals surface area contributed by atoms with Gasteiger partial charge in [0.15, 0.2) is 0 Å². The van der Waals surface area contributed by atoms with Crippen molar-refractivity contribution in [1.82, 2.24) is 19.4 Å². The van der Waals surface area contributed by atoms with Gasteiger partial charge in [-0.3, -0.25) is 19.1 Å².